The molecule has 3 heterocycles. The van der Waals surface area contributed by atoms with Crippen molar-refractivity contribution in [2.75, 3.05) is 9.80 Å². The summed E-state index contributed by atoms with van der Waals surface area (Å²) in [5, 5.41) is 2.29. The molecule has 0 amide bonds. The largest absolute Gasteiger partial charge is 0.509 e. The fraction of sp³-hybridized carbons (Fsp3) is 0.219. The van der Waals surface area contributed by atoms with Crippen LogP contribution in [-0.4, -0.2) is 9.55 Å². The van der Waals surface area contributed by atoms with Crippen LogP contribution < -0.4 is 14.5 Å². The van der Waals surface area contributed by atoms with Crippen LogP contribution in [0.25, 0.3) is 38.8 Å². The van der Waals surface area contributed by atoms with Crippen LogP contribution in [0.3, 0.4) is 0 Å². The molecule has 0 saturated heterocycles. The quantitative estimate of drug-likeness (QED) is 0.128. The van der Waals surface area contributed by atoms with E-state index in [1.807, 2.05) is 6.20 Å². The summed E-state index contributed by atoms with van der Waals surface area (Å²) in [7, 11) is 0. The molecule has 1 aliphatic rings. The first kappa shape index (κ1) is 48.3. The minimum absolute atomic E-state index is 0. The van der Waals surface area contributed by atoms with Gasteiger partial charge in [-0.2, -0.15) is 0 Å². The number of benzene rings is 7. The molecule has 1 aliphatic heterocycles. The normalized spacial score (nSPS) is 13.4. The number of pyridine rings is 1. The first-order valence-corrected chi connectivity index (χ1v) is 24.1. The van der Waals surface area contributed by atoms with Gasteiger partial charge >= 0.3 is 0 Å². The molecular formula is C64H61N4OPt-3. The maximum absolute atomic E-state index is 7.12. The second kappa shape index (κ2) is 18.6. The van der Waals surface area contributed by atoms with E-state index in [1.165, 1.54) is 22.3 Å². The van der Waals surface area contributed by atoms with Crippen molar-refractivity contribution in [1.82, 2.24) is 9.55 Å². The second-order valence-corrected chi connectivity index (χ2v) is 21.6. The third kappa shape index (κ3) is 9.13. The molecule has 0 aliphatic carbocycles. The van der Waals surface area contributed by atoms with E-state index in [1.54, 1.807) is 0 Å². The van der Waals surface area contributed by atoms with Gasteiger partial charge < -0.3 is 19.1 Å². The van der Waals surface area contributed by atoms with Gasteiger partial charge in [0.1, 0.15) is 5.82 Å². The van der Waals surface area contributed by atoms with E-state index < -0.39 is 0 Å². The summed E-state index contributed by atoms with van der Waals surface area (Å²) in [6.45, 7) is 25.0. The average molecular weight is 1100 g/mol. The standard InChI is InChI=1S/C64H61N4O.Pt/c1-61(2,3)48-29-22-30-50(37-48)67-43-66(42-58(67)64(9,10)47-27-18-13-19-28-47)51-35-45(44-23-14-11-15-24-44)36-52(39-51)69-53-40-55(62(4,5)6)60-54-31-20-21-32-56(54)68(57(60)41-53)59-38-49(33-34-65-59)63(7,8)46-25-16-12-17-26-46;/h11-38,40,42-43H,1-10H3;/q-3;. The van der Waals surface area contributed by atoms with E-state index in [0.29, 0.717) is 11.5 Å². The minimum atomic E-state index is -0.349. The second-order valence-electron chi connectivity index (χ2n) is 21.6. The Morgan fingerprint density at radius 2 is 1.14 bits per heavy atom. The molecule has 10 rings (SSSR count). The summed E-state index contributed by atoms with van der Waals surface area (Å²) in [5.41, 5.74) is 12.4. The van der Waals surface area contributed by atoms with Crippen molar-refractivity contribution in [3.63, 3.8) is 0 Å². The summed E-state index contributed by atoms with van der Waals surface area (Å²) in [6.07, 6.45) is 4.20. The van der Waals surface area contributed by atoms with Gasteiger partial charge in [-0.15, -0.1) is 53.8 Å². The van der Waals surface area contributed by atoms with Gasteiger partial charge in [-0.1, -0.05) is 201 Å². The van der Waals surface area contributed by atoms with Crippen molar-refractivity contribution in [3.8, 4) is 28.4 Å². The number of nitrogens with zero attached hydrogens (tertiary/aromatic N) is 4. The third-order valence-electron chi connectivity index (χ3n) is 14.0. The number of aromatic nitrogens is 2. The van der Waals surface area contributed by atoms with E-state index in [2.05, 4.69) is 278 Å². The topological polar surface area (TPSA) is 33.5 Å². The Balaban J connectivity index is 0.00000608. The molecule has 7 aromatic carbocycles. The zero-order valence-corrected chi connectivity index (χ0v) is 44.2. The number of anilines is 2. The Morgan fingerprint density at radius 3 is 1.81 bits per heavy atom. The van der Waals surface area contributed by atoms with Gasteiger partial charge in [0, 0.05) is 66.5 Å². The molecule has 5 nitrogen and oxygen atoms in total. The third-order valence-corrected chi connectivity index (χ3v) is 14.0. The van der Waals surface area contributed by atoms with E-state index in [9.17, 15) is 0 Å². The number of para-hydroxylation sites is 1. The molecule has 0 radical (unpaired) electrons. The minimum Gasteiger partial charge on any atom is -0.509 e. The van der Waals surface area contributed by atoms with Crippen molar-refractivity contribution in [1.29, 1.82) is 0 Å². The molecular weight excluding hydrogens is 1040 g/mol. The zero-order chi connectivity index (χ0) is 48.3. The predicted molar refractivity (Wildman–Crippen MR) is 287 cm³/mol. The summed E-state index contributed by atoms with van der Waals surface area (Å²) in [4.78, 5) is 9.60. The van der Waals surface area contributed by atoms with Crippen LogP contribution in [0.1, 0.15) is 97.1 Å². The maximum atomic E-state index is 7.12. The Bertz CT molecular complexity index is 3360. The molecule has 0 saturated carbocycles. The smallest absolute Gasteiger partial charge is 0.135 e. The molecule has 0 unspecified atom stereocenters. The first-order chi connectivity index (χ1) is 33.0. The maximum Gasteiger partial charge on any atom is 0.135 e. The number of rotatable bonds is 10. The molecule has 356 valence electrons. The van der Waals surface area contributed by atoms with E-state index in [4.69, 9.17) is 9.72 Å². The fourth-order valence-corrected chi connectivity index (χ4v) is 9.80. The number of hydrogen-bond donors (Lipinski definition) is 0. The monoisotopic (exact) mass is 1100 g/mol. The van der Waals surface area contributed by atoms with Crippen LogP contribution in [-0.2, 0) is 42.7 Å². The summed E-state index contributed by atoms with van der Waals surface area (Å²) < 4.78 is 9.38. The first-order valence-electron chi connectivity index (χ1n) is 24.1. The molecule has 0 bridgehead atoms. The summed E-state index contributed by atoms with van der Waals surface area (Å²) in [5.74, 6) is 2.03. The van der Waals surface area contributed by atoms with Gasteiger partial charge in [0.05, 0.1) is 0 Å². The molecule has 0 spiro atoms. The Labute approximate surface area is 429 Å². The van der Waals surface area contributed by atoms with Crippen LogP contribution >= 0.6 is 0 Å². The predicted octanol–water partition coefficient (Wildman–Crippen LogP) is 16.4. The van der Waals surface area contributed by atoms with Gasteiger partial charge in [0.2, 0.25) is 0 Å². The molecule has 9 aromatic rings. The van der Waals surface area contributed by atoms with E-state index in [0.717, 1.165) is 61.4 Å². The van der Waals surface area contributed by atoms with Crippen LogP contribution in [0.2, 0.25) is 0 Å². The summed E-state index contributed by atoms with van der Waals surface area (Å²) in [6, 6.07) is 67.9. The zero-order valence-electron chi connectivity index (χ0n) is 41.9. The van der Waals surface area contributed by atoms with E-state index >= 15 is 0 Å². The van der Waals surface area contributed by atoms with Crippen LogP contribution in [0.4, 0.5) is 11.4 Å². The van der Waals surface area contributed by atoms with Crippen molar-refractivity contribution >= 4 is 33.2 Å². The Kier molecular flexibility index (Phi) is 12.8. The van der Waals surface area contributed by atoms with E-state index in [-0.39, 0.29) is 42.7 Å². The van der Waals surface area contributed by atoms with Gasteiger partial charge in [0.25, 0.3) is 0 Å². The number of allylic oxidation sites excluding steroid dienone is 1. The molecule has 0 fully saturated rings. The Morgan fingerprint density at radius 1 is 0.529 bits per heavy atom. The summed E-state index contributed by atoms with van der Waals surface area (Å²) >= 11 is 0. The Hall–Kier alpha value is -6.68. The number of hydrogen-bond acceptors (Lipinski definition) is 4. The average Bonchev–Trinajstić information content (AvgIpc) is 3.95. The number of fused-ring (bicyclic) bond motifs is 3. The van der Waals surface area contributed by atoms with Crippen molar-refractivity contribution < 1.29 is 25.8 Å². The van der Waals surface area contributed by atoms with Gasteiger partial charge in [0.15, 0.2) is 0 Å². The molecule has 70 heavy (non-hydrogen) atoms. The number of ether oxygens (including phenoxy) is 1. The van der Waals surface area contributed by atoms with Crippen molar-refractivity contribution in [3.05, 3.63) is 235 Å². The van der Waals surface area contributed by atoms with Gasteiger partial charge in [-0.05, 0) is 80.6 Å². The van der Waals surface area contributed by atoms with Crippen molar-refractivity contribution in [2.45, 2.75) is 90.9 Å². The van der Waals surface area contributed by atoms with Crippen LogP contribution in [0.5, 0.6) is 11.5 Å². The van der Waals surface area contributed by atoms with Crippen LogP contribution in [0, 0.1) is 18.8 Å². The molecule has 2 aromatic heterocycles. The van der Waals surface area contributed by atoms with Gasteiger partial charge in [-0.3, -0.25) is 0 Å². The van der Waals surface area contributed by atoms with Gasteiger partial charge in [-0.25, -0.2) is 4.98 Å². The van der Waals surface area contributed by atoms with Crippen molar-refractivity contribution in [2.24, 2.45) is 0 Å². The molecule has 6 heteroatoms. The molecule has 0 N–H and O–H groups in total. The fourth-order valence-electron chi connectivity index (χ4n) is 9.80. The van der Waals surface area contributed by atoms with Crippen LogP contribution in [0.15, 0.2) is 188 Å². The molecule has 0 atom stereocenters. The SMILES string of the molecule is CC(C)(C)c1cccc(N2[CH-]N(c3[c-]c(Oc4[c-]c5c(c(C(C)(C)C)c4)c4ccccc4n5-c4cc(C(C)(C)c5ccccc5)ccn4)cc(-c4ccccc4)c3)C=C2C(C)(C)c2ccccc2)c1.[Pt].